The van der Waals surface area contributed by atoms with Gasteiger partial charge in [0, 0.05) is 17.7 Å². The van der Waals surface area contributed by atoms with Gasteiger partial charge >= 0.3 is 5.95 Å². The number of anilines is 1. The fourth-order valence-corrected chi connectivity index (χ4v) is 5.18. The Balaban J connectivity index is 0.00000533. The monoisotopic (exact) mass is 600 g/mol. The first kappa shape index (κ1) is 32.5. The summed E-state index contributed by atoms with van der Waals surface area (Å²) in [5.74, 6) is 0.437. The van der Waals surface area contributed by atoms with E-state index >= 15 is 0 Å². The van der Waals surface area contributed by atoms with E-state index in [1.165, 1.54) is 108 Å². The third-order valence-electron chi connectivity index (χ3n) is 7.45. The number of para-hydroxylation sites is 2. The Labute approximate surface area is 243 Å². The molecule has 7 nitrogen and oxygen atoms in total. The molecule has 214 valence electrons. The van der Waals surface area contributed by atoms with Crippen molar-refractivity contribution in [2.24, 2.45) is 0 Å². The number of hydrogen-bond donors (Lipinski definition) is 1. The molecule has 0 amide bonds. The minimum Gasteiger partial charge on any atom is -1.00 e. The summed E-state index contributed by atoms with van der Waals surface area (Å²) in [6.45, 7) is 3.18. The van der Waals surface area contributed by atoms with E-state index in [0.717, 1.165) is 24.0 Å². The molecule has 0 radical (unpaired) electrons. The maximum Gasteiger partial charge on any atom is 0.356 e. The Morgan fingerprint density at radius 2 is 1.33 bits per heavy atom. The molecular formula is C31H45BrN4O3. The molecule has 3 rings (SSSR count). The molecule has 1 aromatic heterocycles. The highest BCUT2D eigenvalue weighted by Gasteiger charge is 2.23. The van der Waals surface area contributed by atoms with Gasteiger partial charge in [-0.15, -0.1) is 0 Å². The average Bonchev–Trinajstić information content (AvgIpc) is 3.19. The predicted octanol–water partition coefficient (Wildman–Crippen LogP) is 4.79. The van der Waals surface area contributed by atoms with Gasteiger partial charge in [0.15, 0.2) is 5.78 Å². The van der Waals surface area contributed by atoms with Gasteiger partial charge < -0.3 is 17.0 Å². The lowest BCUT2D eigenvalue weighted by Crippen LogP contribution is -3.00. The highest BCUT2D eigenvalue weighted by molar-refractivity contribution is 5.95. The summed E-state index contributed by atoms with van der Waals surface area (Å²) in [5, 5.41) is 10.9. The van der Waals surface area contributed by atoms with Gasteiger partial charge in [-0.3, -0.25) is 20.6 Å². The van der Waals surface area contributed by atoms with Gasteiger partial charge in [-0.05, 0) is 30.7 Å². The largest absolute Gasteiger partial charge is 1.00 e. The van der Waals surface area contributed by atoms with Gasteiger partial charge in [0.2, 0.25) is 0 Å². The zero-order valence-corrected chi connectivity index (χ0v) is 25.0. The van der Waals surface area contributed by atoms with Crippen molar-refractivity contribution in [2.75, 3.05) is 5.73 Å². The zero-order valence-electron chi connectivity index (χ0n) is 23.5. The Morgan fingerprint density at radius 1 is 0.821 bits per heavy atom. The number of nitro groups is 1. The average molecular weight is 602 g/mol. The van der Waals surface area contributed by atoms with Crippen LogP contribution >= 0.6 is 0 Å². The van der Waals surface area contributed by atoms with Gasteiger partial charge in [0.25, 0.3) is 5.69 Å². The Kier molecular flexibility index (Phi) is 14.8. The van der Waals surface area contributed by atoms with Crippen molar-refractivity contribution >= 4 is 28.5 Å². The molecule has 0 aliphatic rings. The van der Waals surface area contributed by atoms with E-state index in [2.05, 4.69) is 11.5 Å². The first-order chi connectivity index (χ1) is 18.5. The van der Waals surface area contributed by atoms with Crippen LogP contribution in [0.1, 0.15) is 107 Å². The summed E-state index contributed by atoms with van der Waals surface area (Å²) in [6, 6.07) is 13.7. The Hall–Kier alpha value is -2.74. The number of carbonyl (C=O) groups excluding carboxylic acids is 1. The number of halogens is 1. The van der Waals surface area contributed by atoms with Crippen molar-refractivity contribution in [3.8, 4) is 0 Å². The lowest BCUT2D eigenvalue weighted by Gasteiger charge is -2.04. The van der Waals surface area contributed by atoms with Crippen LogP contribution in [0.3, 0.4) is 0 Å². The first-order valence-electron chi connectivity index (χ1n) is 14.6. The van der Waals surface area contributed by atoms with E-state index in [9.17, 15) is 14.9 Å². The van der Waals surface area contributed by atoms with Gasteiger partial charge in [-0.1, -0.05) is 103 Å². The van der Waals surface area contributed by atoms with Gasteiger partial charge in [0.05, 0.1) is 11.5 Å². The van der Waals surface area contributed by atoms with Crippen LogP contribution in [0.25, 0.3) is 11.0 Å². The van der Waals surface area contributed by atoms with Crippen LogP contribution in [-0.4, -0.2) is 15.3 Å². The number of imidazole rings is 1. The number of nitrogen functional groups attached to an aromatic ring is 1. The third kappa shape index (κ3) is 10.1. The number of aryl methyl sites for hydroxylation is 1. The normalized spacial score (nSPS) is 11.0. The van der Waals surface area contributed by atoms with Crippen molar-refractivity contribution in [1.82, 2.24) is 4.57 Å². The number of nitrogens with zero attached hydrogens (tertiary/aromatic N) is 3. The molecule has 1 heterocycles. The predicted molar refractivity (Wildman–Crippen MR) is 154 cm³/mol. The minimum atomic E-state index is -0.466. The molecule has 0 unspecified atom stereocenters. The van der Waals surface area contributed by atoms with Crippen molar-refractivity contribution in [2.45, 2.75) is 110 Å². The van der Waals surface area contributed by atoms with E-state index in [1.54, 1.807) is 0 Å². The molecule has 8 heteroatoms. The number of rotatable bonds is 19. The lowest BCUT2D eigenvalue weighted by atomic mass is 10.0. The number of unbranched alkanes of at least 4 members (excludes halogenated alkanes) is 13. The number of aromatic nitrogens is 2. The van der Waals surface area contributed by atoms with Crippen LogP contribution in [-0.2, 0) is 13.1 Å². The van der Waals surface area contributed by atoms with Crippen LogP contribution in [0.15, 0.2) is 48.5 Å². The maximum atomic E-state index is 12.9. The summed E-state index contributed by atoms with van der Waals surface area (Å²) in [6.07, 6.45) is 18.5. The quantitative estimate of drug-likeness (QED) is 0.0703. The maximum absolute atomic E-state index is 12.9. The fraction of sp³-hybridized carbons (Fsp3) is 0.548. The zero-order chi connectivity index (χ0) is 27.2. The highest BCUT2D eigenvalue weighted by atomic mass is 79.9. The van der Waals surface area contributed by atoms with Gasteiger partial charge in [-0.25, -0.2) is 9.13 Å². The van der Waals surface area contributed by atoms with Crippen molar-refractivity contribution in [3.05, 3.63) is 64.2 Å². The van der Waals surface area contributed by atoms with Crippen LogP contribution in [0, 0.1) is 10.1 Å². The summed E-state index contributed by atoms with van der Waals surface area (Å²) in [4.78, 5) is 23.4. The summed E-state index contributed by atoms with van der Waals surface area (Å²) < 4.78 is 3.96. The molecule has 0 atom stereocenters. The Bertz CT molecular complexity index is 1160. The second-order valence-corrected chi connectivity index (χ2v) is 10.4. The molecule has 0 saturated carbocycles. The molecule has 39 heavy (non-hydrogen) atoms. The molecule has 3 aromatic rings. The first-order valence-corrected chi connectivity index (χ1v) is 14.6. The topological polar surface area (TPSA) is 95.0 Å². The van der Waals surface area contributed by atoms with E-state index in [4.69, 9.17) is 5.73 Å². The number of carbonyl (C=O) groups is 1. The fourth-order valence-electron chi connectivity index (χ4n) is 5.18. The van der Waals surface area contributed by atoms with E-state index in [1.807, 2.05) is 28.8 Å². The van der Waals surface area contributed by atoms with E-state index in [0.29, 0.717) is 11.5 Å². The van der Waals surface area contributed by atoms with Gasteiger partial charge in [-0.2, -0.15) is 0 Å². The summed E-state index contributed by atoms with van der Waals surface area (Å²) in [7, 11) is 0. The molecule has 0 spiro atoms. The molecular weight excluding hydrogens is 556 g/mol. The number of fused-ring (bicyclic) bond motifs is 1. The molecule has 0 aliphatic heterocycles. The van der Waals surface area contributed by atoms with Crippen molar-refractivity contribution in [3.63, 3.8) is 0 Å². The van der Waals surface area contributed by atoms with Crippen LogP contribution in [0.5, 0.6) is 0 Å². The van der Waals surface area contributed by atoms with E-state index in [-0.39, 0.29) is 35.0 Å². The number of non-ortho nitro benzene ring substituents is 1. The Morgan fingerprint density at radius 3 is 1.87 bits per heavy atom. The minimum absolute atomic E-state index is 0. The molecule has 2 N–H and O–H groups in total. The molecule has 0 fully saturated rings. The number of benzene rings is 2. The number of nitro benzene ring substituents is 1. The summed E-state index contributed by atoms with van der Waals surface area (Å²) >= 11 is 0. The lowest BCUT2D eigenvalue weighted by molar-refractivity contribution is -0.642. The standard InChI is InChI=1S/C31H44N4O3.BrH/c1-2-3-4-5-6-7-8-9-10-11-12-13-14-17-24-33-28-18-15-16-19-29(28)34(31(33)32)25-30(36)26-20-22-27(23-21-26)35(37)38;/h15-16,18-23,32H,2-14,17,24-25H2,1H3;1H. The van der Waals surface area contributed by atoms with Crippen LogP contribution in [0.2, 0.25) is 0 Å². The van der Waals surface area contributed by atoms with Crippen LogP contribution in [0.4, 0.5) is 11.6 Å². The number of hydrogen-bond acceptors (Lipinski definition) is 4. The van der Waals surface area contributed by atoms with Crippen molar-refractivity contribution < 1.29 is 31.3 Å². The van der Waals surface area contributed by atoms with Crippen molar-refractivity contribution in [1.29, 1.82) is 0 Å². The highest BCUT2D eigenvalue weighted by Crippen LogP contribution is 2.19. The number of nitrogens with two attached hydrogens (primary N) is 1. The third-order valence-corrected chi connectivity index (χ3v) is 7.45. The number of ketones is 1. The number of Topliss-reactive ketones (excluding diaryl/α,β-unsaturated/α-hetero) is 1. The smallest absolute Gasteiger partial charge is 0.356 e. The SMILES string of the molecule is CCCCCCCCCCCCCCCCn1c(N)[n+](CC(=O)c2ccc([N+](=O)[O-])cc2)c2ccccc21.[Br-]. The molecule has 0 aliphatic carbocycles. The summed E-state index contributed by atoms with van der Waals surface area (Å²) in [5.41, 5.74) is 8.90. The second-order valence-electron chi connectivity index (χ2n) is 10.4. The van der Waals surface area contributed by atoms with E-state index < -0.39 is 4.92 Å². The molecule has 2 aromatic carbocycles. The molecule has 0 bridgehead atoms. The molecule has 0 saturated heterocycles. The second kappa shape index (κ2) is 17.8. The van der Waals surface area contributed by atoms with Crippen LogP contribution < -0.4 is 27.3 Å². The van der Waals surface area contributed by atoms with Gasteiger partial charge in [0.1, 0.15) is 17.6 Å².